The lowest BCUT2D eigenvalue weighted by Gasteiger charge is -2.14. The molecule has 0 amide bonds. The van der Waals surface area contributed by atoms with Crippen LogP contribution in [0.5, 0.6) is 0 Å². The van der Waals surface area contributed by atoms with Gasteiger partial charge in [-0.3, -0.25) is 0 Å². The van der Waals surface area contributed by atoms with E-state index in [1.54, 1.807) is 12.1 Å². The van der Waals surface area contributed by atoms with Crippen molar-refractivity contribution >= 4 is 0 Å². The zero-order valence-corrected chi connectivity index (χ0v) is 9.84. The number of hydrogen-bond acceptors (Lipinski definition) is 1. The van der Waals surface area contributed by atoms with Gasteiger partial charge in [0.1, 0.15) is 0 Å². The predicted octanol–water partition coefficient (Wildman–Crippen LogP) is 3.90. The van der Waals surface area contributed by atoms with Gasteiger partial charge in [0.05, 0.1) is 0 Å². The highest BCUT2D eigenvalue weighted by atomic mass is 19.3. The maximum Gasteiger partial charge on any atom is 0.263 e. The molecule has 0 aliphatic rings. The lowest BCUT2D eigenvalue weighted by molar-refractivity contribution is 0.151. The Morgan fingerprint density at radius 1 is 1.19 bits per heavy atom. The Labute approximate surface area is 95.9 Å². The predicted molar refractivity (Wildman–Crippen MR) is 62.6 cm³/mol. The molecule has 0 aliphatic carbocycles. The van der Waals surface area contributed by atoms with Crippen LogP contribution in [-0.2, 0) is 6.54 Å². The molecule has 1 nitrogen and oxygen atoms in total. The zero-order valence-electron chi connectivity index (χ0n) is 9.84. The topological polar surface area (TPSA) is 12.0 Å². The third kappa shape index (κ3) is 3.89. The molecule has 0 aromatic heterocycles. The van der Waals surface area contributed by atoms with E-state index in [1.165, 1.54) is 6.07 Å². The van der Waals surface area contributed by atoms with Crippen LogP contribution < -0.4 is 5.32 Å². The van der Waals surface area contributed by atoms with Crippen molar-refractivity contribution in [2.45, 2.75) is 45.7 Å². The van der Waals surface area contributed by atoms with E-state index in [2.05, 4.69) is 19.2 Å². The van der Waals surface area contributed by atoms with Crippen LogP contribution in [-0.4, -0.2) is 6.04 Å². The maximum atomic E-state index is 12.5. The summed E-state index contributed by atoms with van der Waals surface area (Å²) in [4.78, 5) is 0. The first-order valence-electron chi connectivity index (χ1n) is 5.77. The number of halogens is 2. The number of rotatable bonds is 6. The van der Waals surface area contributed by atoms with E-state index < -0.39 is 6.43 Å². The first-order valence-corrected chi connectivity index (χ1v) is 5.77. The largest absolute Gasteiger partial charge is 0.310 e. The fraction of sp³-hybridized carbons (Fsp3) is 0.538. The van der Waals surface area contributed by atoms with Gasteiger partial charge in [0.15, 0.2) is 0 Å². The minimum Gasteiger partial charge on any atom is -0.310 e. The Morgan fingerprint density at radius 3 is 2.44 bits per heavy atom. The van der Waals surface area contributed by atoms with Gasteiger partial charge < -0.3 is 5.32 Å². The molecular weight excluding hydrogens is 208 g/mol. The van der Waals surface area contributed by atoms with E-state index in [4.69, 9.17) is 0 Å². The standard InChI is InChI=1S/C13H19F2N/c1-3-12(4-2)16-9-10-6-5-7-11(8-10)13(14)15/h5-8,12-13,16H,3-4,9H2,1-2H3. The molecule has 16 heavy (non-hydrogen) atoms. The molecule has 1 aromatic rings. The molecule has 0 aliphatic heterocycles. The fourth-order valence-electron chi connectivity index (χ4n) is 1.68. The third-order valence-corrected chi connectivity index (χ3v) is 2.78. The second kappa shape index (κ2) is 6.59. The van der Waals surface area contributed by atoms with Gasteiger partial charge in [-0.05, 0) is 24.5 Å². The van der Waals surface area contributed by atoms with E-state index in [-0.39, 0.29) is 5.56 Å². The monoisotopic (exact) mass is 227 g/mol. The molecular formula is C13H19F2N. The zero-order chi connectivity index (χ0) is 12.0. The average Bonchev–Trinajstić information content (AvgIpc) is 2.31. The number of hydrogen-bond donors (Lipinski definition) is 1. The SMILES string of the molecule is CCC(CC)NCc1cccc(C(F)F)c1. The highest BCUT2D eigenvalue weighted by Gasteiger charge is 2.07. The second-order valence-electron chi connectivity index (χ2n) is 3.94. The molecule has 0 heterocycles. The van der Waals surface area contributed by atoms with Crippen LogP contribution in [0.3, 0.4) is 0 Å². The van der Waals surface area contributed by atoms with E-state index in [1.807, 2.05) is 6.07 Å². The molecule has 0 spiro atoms. The van der Waals surface area contributed by atoms with Gasteiger partial charge in [-0.1, -0.05) is 32.0 Å². The summed E-state index contributed by atoms with van der Waals surface area (Å²) in [5, 5.41) is 3.36. The van der Waals surface area contributed by atoms with Gasteiger partial charge >= 0.3 is 0 Å². The maximum absolute atomic E-state index is 12.5. The Kier molecular flexibility index (Phi) is 5.39. The van der Waals surface area contributed by atoms with Crippen molar-refractivity contribution in [2.24, 2.45) is 0 Å². The van der Waals surface area contributed by atoms with Crippen LogP contribution >= 0.6 is 0 Å². The first kappa shape index (κ1) is 13.1. The Hall–Kier alpha value is -0.960. The van der Waals surface area contributed by atoms with Gasteiger partial charge in [0, 0.05) is 18.2 Å². The highest BCUT2D eigenvalue weighted by molar-refractivity contribution is 5.24. The smallest absolute Gasteiger partial charge is 0.263 e. The van der Waals surface area contributed by atoms with Gasteiger partial charge in [-0.25, -0.2) is 8.78 Å². The number of benzene rings is 1. The summed E-state index contributed by atoms with van der Waals surface area (Å²) in [6.07, 6.45) is -0.260. The second-order valence-corrected chi connectivity index (χ2v) is 3.94. The lowest BCUT2D eigenvalue weighted by atomic mass is 10.1. The van der Waals surface area contributed by atoms with Crippen molar-refractivity contribution in [3.63, 3.8) is 0 Å². The molecule has 1 aromatic carbocycles. The van der Waals surface area contributed by atoms with E-state index in [0.29, 0.717) is 12.6 Å². The number of nitrogens with one attached hydrogen (secondary N) is 1. The van der Waals surface area contributed by atoms with Crippen LogP contribution in [0.1, 0.15) is 44.2 Å². The summed E-state index contributed by atoms with van der Waals surface area (Å²) in [6, 6.07) is 7.06. The normalized spacial score (nSPS) is 11.4. The van der Waals surface area contributed by atoms with Crippen LogP contribution in [0.15, 0.2) is 24.3 Å². The van der Waals surface area contributed by atoms with E-state index >= 15 is 0 Å². The molecule has 1 rings (SSSR count). The highest BCUT2D eigenvalue weighted by Crippen LogP contribution is 2.19. The minimum absolute atomic E-state index is 0.101. The van der Waals surface area contributed by atoms with Crippen molar-refractivity contribution < 1.29 is 8.78 Å². The molecule has 0 fully saturated rings. The molecule has 90 valence electrons. The molecule has 0 atom stereocenters. The van der Waals surface area contributed by atoms with Gasteiger partial charge in [-0.2, -0.15) is 0 Å². The van der Waals surface area contributed by atoms with Crippen molar-refractivity contribution in [3.8, 4) is 0 Å². The van der Waals surface area contributed by atoms with Gasteiger partial charge in [-0.15, -0.1) is 0 Å². The molecule has 0 bridgehead atoms. The molecule has 0 saturated carbocycles. The summed E-state index contributed by atoms with van der Waals surface area (Å²) in [5.41, 5.74) is 1.02. The van der Waals surface area contributed by atoms with Crippen LogP contribution in [0.4, 0.5) is 8.78 Å². The molecule has 0 radical (unpaired) electrons. The minimum atomic E-state index is -2.38. The van der Waals surface area contributed by atoms with Gasteiger partial charge in [0.2, 0.25) is 0 Å². The molecule has 0 saturated heterocycles. The molecule has 3 heteroatoms. The summed E-state index contributed by atoms with van der Waals surface area (Å²) in [7, 11) is 0. The van der Waals surface area contributed by atoms with E-state index in [0.717, 1.165) is 18.4 Å². The summed E-state index contributed by atoms with van der Waals surface area (Å²) < 4.78 is 24.9. The lowest BCUT2D eigenvalue weighted by Crippen LogP contribution is -2.26. The van der Waals surface area contributed by atoms with Crippen molar-refractivity contribution in [1.82, 2.24) is 5.32 Å². The summed E-state index contributed by atoms with van der Waals surface area (Å²) >= 11 is 0. The summed E-state index contributed by atoms with van der Waals surface area (Å²) in [6.45, 7) is 4.90. The quantitative estimate of drug-likeness (QED) is 0.777. The molecule has 1 N–H and O–H groups in total. The first-order chi connectivity index (χ1) is 7.67. The van der Waals surface area contributed by atoms with Crippen LogP contribution in [0, 0.1) is 0 Å². The van der Waals surface area contributed by atoms with Crippen molar-refractivity contribution in [2.75, 3.05) is 0 Å². The van der Waals surface area contributed by atoms with Crippen LogP contribution in [0.2, 0.25) is 0 Å². The molecule has 0 unspecified atom stereocenters. The third-order valence-electron chi connectivity index (χ3n) is 2.78. The summed E-state index contributed by atoms with van der Waals surface area (Å²) in [5.74, 6) is 0. The van der Waals surface area contributed by atoms with Crippen LogP contribution in [0.25, 0.3) is 0 Å². The number of alkyl halides is 2. The Balaban J connectivity index is 2.56. The average molecular weight is 227 g/mol. The fourth-order valence-corrected chi connectivity index (χ4v) is 1.68. The Morgan fingerprint density at radius 2 is 1.88 bits per heavy atom. The van der Waals surface area contributed by atoms with Crippen molar-refractivity contribution in [3.05, 3.63) is 35.4 Å². The van der Waals surface area contributed by atoms with E-state index in [9.17, 15) is 8.78 Å². The Bertz CT molecular complexity index is 309. The van der Waals surface area contributed by atoms with Crippen molar-refractivity contribution in [1.29, 1.82) is 0 Å². The van der Waals surface area contributed by atoms with Gasteiger partial charge in [0.25, 0.3) is 6.43 Å².